The highest BCUT2D eigenvalue weighted by molar-refractivity contribution is 6.40. The zero-order chi connectivity index (χ0) is 16.7. The van der Waals surface area contributed by atoms with Crippen molar-refractivity contribution in [3.63, 3.8) is 0 Å². The average Bonchev–Trinajstić information content (AvgIpc) is 2.93. The highest BCUT2D eigenvalue weighted by Gasteiger charge is 2.34. The summed E-state index contributed by atoms with van der Waals surface area (Å²) in [6, 6.07) is 0. The fourth-order valence-electron chi connectivity index (χ4n) is 2.80. The number of methoxy groups -OCH3 is 1. The summed E-state index contributed by atoms with van der Waals surface area (Å²) in [4.78, 5) is 36.3. The second-order valence-corrected chi connectivity index (χ2v) is 6.37. The second-order valence-electron chi connectivity index (χ2n) is 6.37. The first-order chi connectivity index (χ1) is 10.2. The number of aromatic nitrogens is 1. The summed E-state index contributed by atoms with van der Waals surface area (Å²) in [5.41, 5.74) is 1.27. The number of hydrogen-bond acceptors (Lipinski definition) is 5. The third-order valence-corrected chi connectivity index (χ3v) is 3.60. The van der Waals surface area contributed by atoms with E-state index in [0.717, 1.165) is 19.2 Å². The number of ether oxygens (including phenoxy) is 2. The Balaban J connectivity index is 2.52. The molecule has 0 aromatic carbocycles. The Labute approximate surface area is 129 Å². The van der Waals surface area contributed by atoms with Crippen LogP contribution in [-0.2, 0) is 27.2 Å². The van der Waals surface area contributed by atoms with Crippen LogP contribution in [0.1, 0.15) is 59.3 Å². The van der Waals surface area contributed by atoms with E-state index in [2.05, 4.69) is 4.74 Å². The molecule has 6 heteroatoms. The Morgan fingerprint density at radius 1 is 1.18 bits per heavy atom. The van der Waals surface area contributed by atoms with Crippen LogP contribution in [0, 0.1) is 6.92 Å². The molecule has 2 rings (SSSR count). The normalized spacial score (nSPS) is 13.7. The first-order valence-electron chi connectivity index (χ1n) is 7.25. The van der Waals surface area contributed by atoms with Crippen LogP contribution in [-0.4, -0.2) is 35.0 Å². The molecule has 0 N–H and O–H groups in total. The highest BCUT2D eigenvalue weighted by Crippen LogP contribution is 2.31. The van der Waals surface area contributed by atoms with Crippen LogP contribution in [0.25, 0.3) is 0 Å². The molecule has 0 amide bonds. The highest BCUT2D eigenvalue weighted by atomic mass is 16.6. The molecule has 0 atom stereocenters. The van der Waals surface area contributed by atoms with Gasteiger partial charge in [0.15, 0.2) is 0 Å². The molecular formula is C16H21NO5. The Hall–Kier alpha value is -2.11. The van der Waals surface area contributed by atoms with Gasteiger partial charge in [-0.1, -0.05) is 0 Å². The van der Waals surface area contributed by atoms with Gasteiger partial charge in [-0.3, -0.25) is 4.79 Å². The molecule has 120 valence electrons. The third-order valence-electron chi connectivity index (χ3n) is 3.60. The first kappa shape index (κ1) is 16.3. The zero-order valence-corrected chi connectivity index (χ0v) is 13.6. The second kappa shape index (κ2) is 5.59. The van der Waals surface area contributed by atoms with Crippen LogP contribution >= 0.6 is 0 Å². The van der Waals surface area contributed by atoms with Crippen LogP contribution < -0.4 is 0 Å². The molecule has 0 saturated carbocycles. The van der Waals surface area contributed by atoms with Gasteiger partial charge in [0.2, 0.25) is 0 Å². The van der Waals surface area contributed by atoms with Gasteiger partial charge in [-0.2, -0.15) is 0 Å². The summed E-state index contributed by atoms with van der Waals surface area (Å²) in [6.07, 6.45) is 1.51. The van der Waals surface area contributed by atoms with E-state index < -0.39 is 23.3 Å². The molecule has 1 aromatic heterocycles. The number of hydrogen-bond donors (Lipinski definition) is 0. The molecule has 0 bridgehead atoms. The van der Waals surface area contributed by atoms with Gasteiger partial charge in [-0.05, 0) is 46.1 Å². The Morgan fingerprint density at radius 2 is 1.82 bits per heavy atom. The minimum atomic E-state index is -0.925. The van der Waals surface area contributed by atoms with Crippen molar-refractivity contribution in [2.75, 3.05) is 7.11 Å². The van der Waals surface area contributed by atoms with Gasteiger partial charge in [0.05, 0.1) is 12.7 Å². The predicted octanol–water partition coefficient (Wildman–Crippen LogP) is 2.05. The van der Waals surface area contributed by atoms with Gasteiger partial charge in [-0.25, -0.2) is 9.59 Å². The fraction of sp³-hybridized carbons (Fsp3) is 0.562. The smallest absolute Gasteiger partial charge is 0.381 e. The van der Waals surface area contributed by atoms with Crippen LogP contribution in [0.2, 0.25) is 0 Å². The summed E-state index contributed by atoms with van der Waals surface area (Å²) < 4.78 is 11.7. The van der Waals surface area contributed by atoms with Crippen molar-refractivity contribution < 1.29 is 23.9 Å². The Morgan fingerprint density at radius 3 is 2.36 bits per heavy atom. The van der Waals surface area contributed by atoms with E-state index in [-0.39, 0.29) is 5.69 Å². The van der Waals surface area contributed by atoms with E-state index in [1.807, 2.05) is 0 Å². The molecule has 0 radical (unpaired) electrons. The van der Waals surface area contributed by atoms with E-state index in [1.54, 1.807) is 32.3 Å². The lowest BCUT2D eigenvalue weighted by Gasteiger charge is -2.19. The van der Waals surface area contributed by atoms with E-state index in [1.165, 1.54) is 0 Å². The van der Waals surface area contributed by atoms with Crippen molar-refractivity contribution in [2.24, 2.45) is 0 Å². The van der Waals surface area contributed by atoms with E-state index in [9.17, 15) is 14.4 Å². The van der Waals surface area contributed by atoms with Gasteiger partial charge >= 0.3 is 11.9 Å². The van der Waals surface area contributed by atoms with E-state index in [4.69, 9.17) is 4.74 Å². The number of carbonyl (C=O) groups is 3. The van der Waals surface area contributed by atoms with Crippen molar-refractivity contribution in [3.8, 4) is 0 Å². The summed E-state index contributed by atoms with van der Waals surface area (Å²) >= 11 is 0. The molecule has 22 heavy (non-hydrogen) atoms. The number of nitrogens with zero attached hydrogens (tertiary/aromatic N) is 1. The SMILES string of the molecule is COC(=O)C(=O)c1c(C)c(C(=O)OC(C)(C)C)c2n1CCC2. The van der Waals surface area contributed by atoms with Crippen molar-refractivity contribution in [3.05, 3.63) is 22.5 Å². The number of Topliss-reactive ketones (excluding diaryl/α,β-unsaturated/α-hetero) is 1. The largest absolute Gasteiger partial charge is 0.463 e. The molecule has 6 nitrogen and oxygen atoms in total. The molecular weight excluding hydrogens is 286 g/mol. The number of rotatable bonds is 3. The molecule has 2 heterocycles. The van der Waals surface area contributed by atoms with Gasteiger partial charge < -0.3 is 14.0 Å². The number of esters is 2. The van der Waals surface area contributed by atoms with E-state index in [0.29, 0.717) is 24.1 Å². The maximum Gasteiger partial charge on any atom is 0.381 e. The lowest BCUT2D eigenvalue weighted by molar-refractivity contribution is -0.135. The van der Waals surface area contributed by atoms with Crippen molar-refractivity contribution in [1.82, 2.24) is 4.57 Å². The van der Waals surface area contributed by atoms with Gasteiger partial charge in [0.1, 0.15) is 11.3 Å². The van der Waals surface area contributed by atoms with Crippen molar-refractivity contribution in [1.29, 1.82) is 0 Å². The molecule has 1 aliphatic rings. The quantitative estimate of drug-likeness (QED) is 0.485. The molecule has 1 aliphatic heterocycles. The summed E-state index contributed by atoms with van der Waals surface area (Å²) in [5, 5.41) is 0. The monoisotopic (exact) mass is 307 g/mol. The molecule has 1 aromatic rings. The maximum atomic E-state index is 12.5. The van der Waals surface area contributed by atoms with Crippen LogP contribution in [0.4, 0.5) is 0 Å². The van der Waals surface area contributed by atoms with Crippen LogP contribution in [0.15, 0.2) is 0 Å². The first-order valence-corrected chi connectivity index (χ1v) is 7.25. The van der Waals surface area contributed by atoms with Gasteiger partial charge in [0, 0.05) is 12.2 Å². The number of carbonyl (C=O) groups excluding carboxylic acids is 3. The van der Waals surface area contributed by atoms with Crippen LogP contribution in [0.5, 0.6) is 0 Å². The Kier molecular flexibility index (Phi) is 4.13. The molecule has 0 saturated heterocycles. The molecule has 0 spiro atoms. The average molecular weight is 307 g/mol. The van der Waals surface area contributed by atoms with Gasteiger partial charge in [-0.15, -0.1) is 0 Å². The standard InChI is InChI=1S/C16H21NO5/c1-9-11(14(19)22-16(2,3)4)10-7-6-8-17(10)12(9)13(18)15(20)21-5/h6-8H2,1-5H3. The number of ketones is 1. The Bertz CT molecular complexity index is 648. The molecule has 0 unspecified atom stereocenters. The minimum absolute atomic E-state index is 0.236. The third kappa shape index (κ3) is 2.77. The summed E-state index contributed by atoms with van der Waals surface area (Å²) in [6.45, 7) is 7.64. The topological polar surface area (TPSA) is 74.6 Å². The minimum Gasteiger partial charge on any atom is -0.463 e. The van der Waals surface area contributed by atoms with E-state index >= 15 is 0 Å². The summed E-state index contributed by atoms with van der Waals surface area (Å²) in [7, 11) is 1.16. The van der Waals surface area contributed by atoms with Gasteiger partial charge in [0.25, 0.3) is 5.78 Å². The molecule has 0 fully saturated rings. The molecule has 0 aliphatic carbocycles. The fourth-order valence-corrected chi connectivity index (χ4v) is 2.80. The summed E-state index contributed by atoms with van der Waals surface area (Å²) in [5.74, 6) is -2.11. The van der Waals surface area contributed by atoms with Crippen molar-refractivity contribution in [2.45, 2.75) is 52.7 Å². The van der Waals surface area contributed by atoms with Crippen LogP contribution in [0.3, 0.4) is 0 Å². The lowest BCUT2D eigenvalue weighted by atomic mass is 10.1. The predicted molar refractivity (Wildman–Crippen MR) is 79.0 cm³/mol. The lowest BCUT2D eigenvalue weighted by Crippen LogP contribution is -2.24. The maximum absolute atomic E-state index is 12.5. The number of fused-ring (bicyclic) bond motifs is 1. The van der Waals surface area contributed by atoms with Crippen molar-refractivity contribution >= 4 is 17.7 Å². The zero-order valence-electron chi connectivity index (χ0n) is 13.6.